The largest absolute Gasteiger partial charge is 0.508 e. The fraction of sp³-hybridized carbons (Fsp3) is 0.600. The van der Waals surface area contributed by atoms with E-state index in [1.165, 1.54) is 18.2 Å². The van der Waals surface area contributed by atoms with Crippen molar-refractivity contribution < 1.29 is 9.50 Å². The van der Waals surface area contributed by atoms with E-state index in [4.69, 9.17) is 5.73 Å². The summed E-state index contributed by atoms with van der Waals surface area (Å²) in [6.45, 7) is 6.81. The Bertz CT molecular complexity index is 438. The highest BCUT2D eigenvalue weighted by molar-refractivity contribution is 5.35. The Hall–Kier alpha value is -1.13. The summed E-state index contributed by atoms with van der Waals surface area (Å²) in [6, 6.07) is 4.15. The molecule has 19 heavy (non-hydrogen) atoms. The first-order chi connectivity index (χ1) is 9.02. The van der Waals surface area contributed by atoms with E-state index in [-0.39, 0.29) is 17.6 Å². The van der Waals surface area contributed by atoms with E-state index in [1.54, 1.807) is 0 Å². The molecular weight excluding hydrogens is 243 g/mol. The smallest absolute Gasteiger partial charge is 0.123 e. The van der Waals surface area contributed by atoms with E-state index in [0.717, 1.165) is 19.5 Å². The first-order valence-electron chi connectivity index (χ1n) is 6.95. The number of halogens is 1. The van der Waals surface area contributed by atoms with E-state index >= 15 is 0 Å². The third-order valence-corrected chi connectivity index (χ3v) is 4.44. The molecule has 0 spiro atoms. The quantitative estimate of drug-likeness (QED) is 0.884. The predicted molar refractivity (Wildman–Crippen MR) is 74.4 cm³/mol. The van der Waals surface area contributed by atoms with Gasteiger partial charge in [-0.15, -0.1) is 0 Å². The van der Waals surface area contributed by atoms with Crippen LogP contribution in [0.3, 0.4) is 0 Å². The van der Waals surface area contributed by atoms with E-state index in [1.807, 2.05) is 6.92 Å². The Kier molecular flexibility index (Phi) is 4.42. The molecule has 4 heteroatoms. The highest BCUT2D eigenvalue weighted by Crippen LogP contribution is 2.33. The number of aromatic hydroxyl groups is 1. The molecule has 3 unspecified atom stereocenters. The molecule has 0 aliphatic carbocycles. The number of benzene rings is 1. The lowest BCUT2D eigenvalue weighted by Gasteiger charge is -2.40. The monoisotopic (exact) mass is 266 g/mol. The van der Waals surface area contributed by atoms with Crippen LogP contribution in [0.15, 0.2) is 18.2 Å². The van der Waals surface area contributed by atoms with Crippen LogP contribution in [0.5, 0.6) is 5.75 Å². The molecule has 0 aromatic heterocycles. The van der Waals surface area contributed by atoms with Crippen LogP contribution >= 0.6 is 0 Å². The summed E-state index contributed by atoms with van der Waals surface area (Å²) in [5.41, 5.74) is 6.47. The lowest BCUT2D eigenvalue weighted by atomic mass is 9.86. The summed E-state index contributed by atoms with van der Waals surface area (Å²) in [5, 5.41) is 9.89. The maximum Gasteiger partial charge on any atom is 0.123 e. The minimum absolute atomic E-state index is 0.0113. The zero-order chi connectivity index (χ0) is 14.0. The van der Waals surface area contributed by atoms with E-state index in [0.29, 0.717) is 23.9 Å². The van der Waals surface area contributed by atoms with Gasteiger partial charge < -0.3 is 10.8 Å². The normalized spacial score (nSPS) is 26.3. The minimum atomic E-state index is -0.305. The zero-order valence-electron chi connectivity index (χ0n) is 11.6. The van der Waals surface area contributed by atoms with Crippen molar-refractivity contribution in [2.45, 2.75) is 26.3 Å². The fourth-order valence-electron chi connectivity index (χ4n) is 2.89. The molecule has 1 aliphatic rings. The van der Waals surface area contributed by atoms with Crippen LogP contribution in [0.2, 0.25) is 0 Å². The van der Waals surface area contributed by atoms with Crippen molar-refractivity contribution in [1.82, 2.24) is 4.90 Å². The molecule has 1 aliphatic heterocycles. The summed E-state index contributed by atoms with van der Waals surface area (Å²) in [4.78, 5) is 2.28. The van der Waals surface area contributed by atoms with Crippen LogP contribution in [0.1, 0.15) is 31.9 Å². The average Bonchev–Trinajstić information content (AvgIpc) is 2.41. The second kappa shape index (κ2) is 5.88. The van der Waals surface area contributed by atoms with Gasteiger partial charge in [-0.25, -0.2) is 4.39 Å². The van der Waals surface area contributed by atoms with Gasteiger partial charge in [0.1, 0.15) is 11.6 Å². The number of nitrogens with two attached hydrogens (primary N) is 1. The Morgan fingerprint density at radius 3 is 2.95 bits per heavy atom. The van der Waals surface area contributed by atoms with Gasteiger partial charge in [-0.1, -0.05) is 6.92 Å². The lowest BCUT2D eigenvalue weighted by Crippen LogP contribution is -2.43. The van der Waals surface area contributed by atoms with Gasteiger partial charge in [-0.3, -0.25) is 4.90 Å². The molecule has 0 amide bonds. The van der Waals surface area contributed by atoms with E-state index < -0.39 is 0 Å². The second-order valence-corrected chi connectivity index (χ2v) is 5.64. The first-order valence-corrected chi connectivity index (χ1v) is 6.95. The number of phenolic OH excluding ortho intramolecular Hbond substituents is 1. The predicted octanol–water partition coefficient (Wildman–Crippen LogP) is 2.51. The SMILES string of the molecule is CC1CCN(C(C)c2cc(F)ccc2O)CC1CN. The molecule has 2 rings (SSSR count). The second-order valence-electron chi connectivity index (χ2n) is 5.64. The van der Waals surface area contributed by atoms with Crippen molar-refractivity contribution in [3.63, 3.8) is 0 Å². The number of likely N-dealkylation sites (tertiary alicyclic amines) is 1. The summed E-state index contributed by atoms with van der Waals surface area (Å²) < 4.78 is 13.3. The number of phenols is 1. The Morgan fingerprint density at radius 2 is 2.26 bits per heavy atom. The summed E-state index contributed by atoms with van der Waals surface area (Å²) in [7, 11) is 0. The maximum absolute atomic E-state index is 13.3. The number of nitrogens with zero attached hydrogens (tertiary/aromatic N) is 1. The molecule has 3 N–H and O–H groups in total. The van der Waals surface area contributed by atoms with Gasteiger partial charge in [0, 0.05) is 18.2 Å². The third-order valence-electron chi connectivity index (χ3n) is 4.44. The molecule has 1 aromatic carbocycles. The van der Waals surface area contributed by atoms with Crippen molar-refractivity contribution in [2.24, 2.45) is 17.6 Å². The van der Waals surface area contributed by atoms with Gasteiger partial charge in [-0.2, -0.15) is 0 Å². The molecule has 0 saturated carbocycles. The average molecular weight is 266 g/mol. The topological polar surface area (TPSA) is 49.5 Å². The van der Waals surface area contributed by atoms with Crippen molar-refractivity contribution in [3.05, 3.63) is 29.6 Å². The molecule has 1 heterocycles. The molecule has 106 valence electrons. The van der Waals surface area contributed by atoms with E-state index in [2.05, 4.69) is 11.8 Å². The molecule has 1 saturated heterocycles. The van der Waals surface area contributed by atoms with Crippen LogP contribution in [-0.2, 0) is 0 Å². The van der Waals surface area contributed by atoms with Gasteiger partial charge in [0.25, 0.3) is 0 Å². The summed E-state index contributed by atoms with van der Waals surface area (Å²) >= 11 is 0. The molecule has 3 nitrogen and oxygen atoms in total. The number of hydrogen-bond donors (Lipinski definition) is 2. The van der Waals surface area contributed by atoms with Crippen molar-refractivity contribution in [2.75, 3.05) is 19.6 Å². The highest BCUT2D eigenvalue weighted by Gasteiger charge is 2.29. The van der Waals surface area contributed by atoms with Gasteiger partial charge in [0.05, 0.1) is 0 Å². The van der Waals surface area contributed by atoms with Crippen molar-refractivity contribution >= 4 is 0 Å². The van der Waals surface area contributed by atoms with Gasteiger partial charge in [-0.05, 0) is 56.5 Å². The van der Waals surface area contributed by atoms with Crippen LogP contribution in [-0.4, -0.2) is 29.6 Å². The van der Waals surface area contributed by atoms with Crippen molar-refractivity contribution in [1.29, 1.82) is 0 Å². The minimum Gasteiger partial charge on any atom is -0.508 e. The fourth-order valence-corrected chi connectivity index (χ4v) is 2.89. The van der Waals surface area contributed by atoms with Crippen LogP contribution in [0.25, 0.3) is 0 Å². The molecule has 1 fully saturated rings. The number of hydrogen-bond acceptors (Lipinski definition) is 3. The maximum atomic E-state index is 13.3. The Labute approximate surface area is 114 Å². The third kappa shape index (κ3) is 3.07. The Morgan fingerprint density at radius 1 is 1.53 bits per heavy atom. The Balaban J connectivity index is 2.15. The summed E-state index contributed by atoms with van der Waals surface area (Å²) in [5.74, 6) is 0.971. The van der Waals surface area contributed by atoms with E-state index in [9.17, 15) is 9.50 Å². The van der Waals surface area contributed by atoms with Crippen LogP contribution < -0.4 is 5.73 Å². The molecule has 3 atom stereocenters. The first kappa shape index (κ1) is 14.3. The van der Waals surface area contributed by atoms with Gasteiger partial charge in [0.2, 0.25) is 0 Å². The molecular formula is C15H23FN2O. The standard InChI is InChI=1S/C15H23FN2O/c1-10-5-6-18(9-12(10)8-17)11(2)14-7-13(16)3-4-15(14)19/h3-4,7,10-12,19H,5-6,8-9,17H2,1-2H3. The van der Waals surface area contributed by atoms with Crippen LogP contribution in [0.4, 0.5) is 4.39 Å². The highest BCUT2D eigenvalue weighted by atomic mass is 19.1. The number of piperidine rings is 1. The van der Waals surface area contributed by atoms with Gasteiger partial charge in [0.15, 0.2) is 0 Å². The molecule has 1 aromatic rings. The zero-order valence-corrected chi connectivity index (χ0v) is 11.6. The van der Waals surface area contributed by atoms with Crippen molar-refractivity contribution in [3.8, 4) is 5.75 Å². The van der Waals surface area contributed by atoms with Crippen LogP contribution in [0, 0.1) is 17.7 Å². The molecule has 0 bridgehead atoms. The van der Waals surface area contributed by atoms with Gasteiger partial charge >= 0.3 is 0 Å². The summed E-state index contributed by atoms with van der Waals surface area (Å²) in [6.07, 6.45) is 1.10. The lowest BCUT2D eigenvalue weighted by molar-refractivity contribution is 0.0966. The molecule has 0 radical (unpaired) electrons. The number of rotatable bonds is 3.